The molecule has 5 rings (SSSR count). The highest BCUT2D eigenvalue weighted by Gasteiger charge is 2.46. The lowest BCUT2D eigenvalue weighted by Crippen LogP contribution is -2.35. The van der Waals surface area contributed by atoms with E-state index in [0.29, 0.717) is 40.5 Å². The van der Waals surface area contributed by atoms with Gasteiger partial charge in [-0.05, 0) is 48.7 Å². The SMILES string of the molecule is Cn1cc(-c2nc(C(=O)NC3(c4ccc(F)c(F)c4)CC3)cc(-c3ccc(Cl)cc3)n2)cn1. The van der Waals surface area contributed by atoms with Gasteiger partial charge in [-0.25, -0.2) is 18.7 Å². The maximum atomic E-state index is 13.8. The van der Waals surface area contributed by atoms with Crippen LogP contribution in [0, 0.1) is 11.6 Å². The Morgan fingerprint density at radius 3 is 2.42 bits per heavy atom. The predicted octanol–water partition coefficient (Wildman–Crippen LogP) is 4.89. The summed E-state index contributed by atoms with van der Waals surface area (Å²) in [6, 6.07) is 12.4. The van der Waals surface area contributed by atoms with E-state index in [1.165, 1.54) is 6.07 Å². The number of halogens is 3. The number of benzene rings is 2. The van der Waals surface area contributed by atoms with E-state index < -0.39 is 23.1 Å². The van der Waals surface area contributed by atoms with Gasteiger partial charge in [0.15, 0.2) is 17.5 Å². The van der Waals surface area contributed by atoms with Gasteiger partial charge in [-0.3, -0.25) is 9.48 Å². The van der Waals surface area contributed by atoms with Gasteiger partial charge in [-0.1, -0.05) is 29.8 Å². The lowest BCUT2D eigenvalue weighted by Gasteiger charge is -2.18. The van der Waals surface area contributed by atoms with Crippen LogP contribution in [0.3, 0.4) is 0 Å². The molecule has 0 atom stereocenters. The standard InChI is InChI=1S/C24H18ClF2N5O/c1-32-13-15(12-28-32)22-29-20(14-2-5-17(25)6-3-14)11-21(30-22)23(33)31-24(8-9-24)16-4-7-18(26)19(27)10-16/h2-7,10-13H,8-9H2,1H3,(H,31,33). The van der Waals surface area contributed by atoms with Crippen LogP contribution in [0.5, 0.6) is 0 Å². The minimum absolute atomic E-state index is 0.155. The topological polar surface area (TPSA) is 72.7 Å². The molecular weight excluding hydrogens is 448 g/mol. The molecule has 2 aromatic heterocycles. The first-order chi connectivity index (χ1) is 15.8. The highest BCUT2D eigenvalue weighted by Crippen LogP contribution is 2.46. The minimum atomic E-state index is -0.945. The van der Waals surface area contributed by atoms with Gasteiger partial charge >= 0.3 is 0 Å². The Morgan fingerprint density at radius 1 is 1.03 bits per heavy atom. The Morgan fingerprint density at radius 2 is 1.79 bits per heavy atom. The van der Waals surface area contributed by atoms with Gasteiger partial charge in [0, 0.05) is 23.8 Å². The second-order valence-electron chi connectivity index (χ2n) is 8.04. The number of carbonyl (C=O) groups excluding carboxylic acids is 1. The molecular formula is C24H18ClF2N5O. The summed E-state index contributed by atoms with van der Waals surface area (Å²) in [5.41, 5.74) is 1.90. The fourth-order valence-electron chi connectivity index (χ4n) is 3.68. The van der Waals surface area contributed by atoms with Crippen LogP contribution in [0.25, 0.3) is 22.6 Å². The Kier molecular flexibility index (Phi) is 5.17. The largest absolute Gasteiger partial charge is 0.341 e. The first kappa shape index (κ1) is 21.2. The van der Waals surface area contributed by atoms with Crippen molar-refractivity contribution < 1.29 is 13.6 Å². The van der Waals surface area contributed by atoms with Gasteiger partial charge in [0.25, 0.3) is 5.91 Å². The molecule has 1 N–H and O–H groups in total. The minimum Gasteiger partial charge on any atom is -0.341 e. The fraction of sp³-hybridized carbons (Fsp3) is 0.167. The molecule has 6 nitrogen and oxygen atoms in total. The molecule has 166 valence electrons. The molecule has 0 radical (unpaired) electrons. The summed E-state index contributed by atoms with van der Waals surface area (Å²) >= 11 is 6.01. The van der Waals surface area contributed by atoms with Crippen LogP contribution >= 0.6 is 11.6 Å². The average molecular weight is 466 g/mol. The van der Waals surface area contributed by atoms with Crippen molar-refractivity contribution in [3.8, 4) is 22.6 Å². The van der Waals surface area contributed by atoms with E-state index in [-0.39, 0.29) is 5.69 Å². The Bertz CT molecular complexity index is 1370. The molecule has 2 heterocycles. The first-order valence-electron chi connectivity index (χ1n) is 10.3. The van der Waals surface area contributed by atoms with E-state index in [0.717, 1.165) is 17.7 Å². The number of amides is 1. The van der Waals surface area contributed by atoms with Crippen LogP contribution in [0.2, 0.25) is 5.02 Å². The molecule has 33 heavy (non-hydrogen) atoms. The molecule has 0 unspecified atom stereocenters. The van der Waals surface area contributed by atoms with E-state index in [2.05, 4.69) is 20.4 Å². The third-order valence-corrected chi connectivity index (χ3v) is 5.89. The van der Waals surface area contributed by atoms with Crippen molar-refractivity contribution in [2.75, 3.05) is 0 Å². The van der Waals surface area contributed by atoms with Crippen molar-refractivity contribution in [2.24, 2.45) is 7.05 Å². The molecule has 0 aliphatic heterocycles. The Balaban J connectivity index is 1.52. The van der Waals surface area contributed by atoms with Crippen molar-refractivity contribution in [3.05, 3.63) is 88.8 Å². The number of rotatable bonds is 5. The van der Waals surface area contributed by atoms with E-state index >= 15 is 0 Å². The van der Waals surface area contributed by atoms with Crippen LogP contribution in [-0.2, 0) is 12.6 Å². The zero-order valence-corrected chi connectivity index (χ0v) is 18.3. The Hall–Kier alpha value is -3.65. The van der Waals surface area contributed by atoms with Gasteiger partial charge in [0.2, 0.25) is 0 Å². The monoisotopic (exact) mass is 465 g/mol. The van der Waals surface area contributed by atoms with Gasteiger partial charge in [0.1, 0.15) is 5.69 Å². The third-order valence-electron chi connectivity index (χ3n) is 5.64. The number of aromatic nitrogens is 4. The molecule has 1 amide bonds. The summed E-state index contributed by atoms with van der Waals surface area (Å²) in [6.07, 6.45) is 4.61. The third kappa shape index (κ3) is 4.21. The number of nitrogens with one attached hydrogen (secondary N) is 1. The maximum absolute atomic E-state index is 13.8. The average Bonchev–Trinajstić information content (AvgIpc) is 3.46. The lowest BCUT2D eigenvalue weighted by atomic mass is 10.0. The Labute approximate surface area is 193 Å². The van der Waals surface area contributed by atoms with Gasteiger partial charge in [0.05, 0.1) is 23.0 Å². The summed E-state index contributed by atoms with van der Waals surface area (Å²) in [6.45, 7) is 0. The number of hydrogen-bond acceptors (Lipinski definition) is 4. The van der Waals surface area contributed by atoms with Gasteiger partial charge < -0.3 is 5.32 Å². The van der Waals surface area contributed by atoms with Crippen LogP contribution in [0.15, 0.2) is 60.9 Å². The van der Waals surface area contributed by atoms with Crippen LogP contribution in [0.4, 0.5) is 8.78 Å². The van der Waals surface area contributed by atoms with Crippen molar-refractivity contribution in [1.29, 1.82) is 0 Å². The van der Waals surface area contributed by atoms with Crippen LogP contribution < -0.4 is 5.32 Å². The number of nitrogens with zero attached hydrogens (tertiary/aromatic N) is 4. The molecule has 1 fully saturated rings. The molecule has 4 aromatic rings. The molecule has 1 aliphatic rings. The second-order valence-corrected chi connectivity index (χ2v) is 8.47. The molecule has 0 bridgehead atoms. The maximum Gasteiger partial charge on any atom is 0.270 e. The van der Waals surface area contributed by atoms with E-state index in [4.69, 9.17) is 11.6 Å². The van der Waals surface area contributed by atoms with Crippen LogP contribution in [0.1, 0.15) is 28.9 Å². The summed E-state index contributed by atoms with van der Waals surface area (Å²) in [7, 11) is 1.78. The van der Waals surface area contributed by atoms with Crippen molar-refractivity contribution in [3.63, 3.8) is 0 Å². The van der Waals surface area contributed by atoms with Gasteiger partial charge in [-0.2, -0.15) is 5.10 Å². The van der Waals surface area contributed by atoms with E-state index in [1.807, 2.05) is 12.1 Å². The normalized spacial score (nSPS) is 14.2. The molecule has 0 saturated heterocycles. The first-order valence-corrected chi connectivity index (χ1v) is 10.6. The summed E-state index contributed by atoms with van der Waals surface area (Å²) < 4.78 is 28.8. The molecule has 0 spiro atoms. The molecule has 1 saturated carbocycles. The second kappa shape index (κ2) is 8.04. The summed E-state index contributed by atoms with van der Waals surface area (Å²) in [5.74, 6) is -1.96. The zero-order chi connectivity index (χ0) is 23.2. The van der Waals surface area contributed by atoms with E-state index in [1.54, 1.807) is 42.3 Å². The fourth-order valence-corrected chi connectivity index (χ4v) is 3.81. The summed E-state index contributed by atoms with van der Waals surface area (Å²) in [4.78, 5) is 22.3. The highest BCUT2D eigenvalue weighted by molar-refractivity contribution is 6.30. The van der Waals surface area contributed by atoms with Gasteiger partial charge in [-0.15, -0.1) is 0 Å². The quantitative estimate of drug-likeness (QED) is 0.455. The predicted molar refractivity (Wildman–Crippen MR) is 119 cm³/mol. The number of aryl methyl sites for hydroxylation is 1. The highest BCUT2D eigenvalue weighted by atomic mass is 35.5. The number of hydrogen-bond donors (Lipinski definition) is 1. The molecule has 2 aromatic carbocycles. The van der Waals surface area contributed by atoms with Crippen LogP contribution in [-0.4, -0.2) is 25.7 Å². The van der Waals surface area contributed by atoms with E-state index in [9.17, 15) is 13.6 Å². The van der Waals surface area contributed by atoms with Crippen molar-refractivity contribution >= 4 is 17.5 Å². The number of carbonyl (C=O) groups is 1. The van der Waals surface area contributed by atoms with Crippen molar-refractivity contribution in [1.82, 2.24) is 25.1 Å². The lowest BCUT2D eigenvalue weighted by molar-refractivity contribution is 0.0925. The summed E-state index contributed by atoms with van der Waals surface area (Å²) in [5, 5.41) is 7.70. The smallest absolute Gasteiger partial charge is 0.270 e. The zero-order valence-electron chi connectivity index (χ0n) is 17.5. The van der Waals surface area contributed by atoms with Crippen molar-refractivity contribution in [2.45, 2.75) is 18.4 Å². The molecule has 9 heteroatoms. The molecule has 1 aliphatic carbocycles.